The average molecular weight is 240 g/mol. The minimum atomic E-state index is 0.600. The standard InChI is InChI=1S/C15H32N2/c1-7-15-9-8-13(5)17(15)14(6)12(4)10-16-11(2)3/h11-16H,7-10H2,1-6H3. The van der Waals surface area contributed by atoms with Crippen LogP contribution in [0.1, 0.15) is 60.8 Å². The van der Waals surface area contributed by atoms with Crippen LogP contribution in [0.4, 0.5) is 0 Å². The molecule has 17 heavy (non-hydrogen) atoms. The summed E-state index contributed by atoms with van der Waals surface area (Å²) in [6, 6.07) is 2.89. The monoisotopic (exact) mass is 240 g/mol. The van der Waals surface area contributed by atoms with Crippen molar-refractivity contribution in [3.05, 3.63) is 0 Å². The van der Waals surface area contributed by atoms with Crippen LogP contribution in [0, 0.1) is 5.92 Å². The number of nitrogens with zero attached hydrogens (tertiary/aromatic N) is 1. The van der Waals surface area contributed by atoms with Crippen LogP contribution in [-0.2, 0) is 0 Å². The summed E-state index contributed by atoms with van der Waals surface area (Å²) in [5.74, 6) is 0.729. The number of nitrogens with one attached hydrogen (secondary N) is 1. The third-order valence-electron chi connectivity index (χ3n) is 4.46. The highest BCUT2D eigenvalue weighted by atomic mass is 15.2. The molecule has 0 aromatic carbocycles. The zero-order valence-corrected chi connectivity index (χ0v) is 12.7. The van der Waals surface area contributed by atoms with Crippen molar-refractivity contribution < 1.29 is 0 Å². The molecule has 1 N–H and O–H groups in total. The molecule has 102 valence electrons. The molecule has 4 unspecified atom stereocenters. The van der Waals surface area contributed by atoms with E-state index in [2.05, 4.69) is 51.8 Å². The molecule has 1 fully saturated rings. The largest absolute Gasteiger partial charge is 0.314 e. The first-order valence-electron chi connectivity index (χ1n) is 7.48. The highest BCUT2D eigenvalue weighted by Crippen LogP contribution is 2.30. The second-order valence-electron chi connectivity index (χ2n) is 6.22. The van der Waals surface area contributed by atoms with Gasteiger partial charge >= 0.3 is 0 Å². The Balaban J connectivity index is 2.51. The van der Waals surface area contributed by atoms with Crippen LogP contribution >= 0.6 is 0 Å². The van der Waals surface area contributed by atoms with Gasteiger partial charge in [-0.15, -0.1) is 0 Å². The van der Waals surface area contributed by atoms with Crippen molar-refractivity contribution >= 4 is 0 Å². The molecule has 0 aromatic heterocycles. The fourth-order valence-electron chi connectivity index (χ4n) is 3.13. The molecule has 1 rings (SSSR count). The second kappa shape index (κ2) is 6.75. The molecule has 1 heterocycles. The van der Waals surface area contributed by atoms with Gasteiger partial charge < -0.3 is 5.32 Å². The Hall–Kier alpha value is -0.0800. The second-order valence-corrected chi connectivity index (χ2v) is 6.22. The Morgan fingerprint density at radius 1 is 1.18 bits per heavy atom. The molecular formula is C15H32N2. The van der Waals surface area contributed by atoms with E-state index in [1.807, 2.05) is 0 Å². The quantitative estimate of drug-likeness (QED) is 0.766. The van der Waals surface area contributed by atoms with Crippen LogP contribution in [0.5, 0.6) is 0 Å². The zero-order chi connectivity index (χ0) is 13.0. The minimum Gasteiger partial charge on any atom is -0.314 e. The van der Waals surface area contributed by atoms with Crippen LogP contribution in [0.2, 0.25) is 0 Å². The summed E-state index contributed by atoms with van der Waals surface area (Å²) >= 11 is 0. The molecule has 1 aliphatic rings. The number of hydrogen-bond donors (Lipinski definition) is 1. The Bertz CT molecular complexity index is 215. The lowest BCUT2D eigenvalue weighted by Crippen LogP contribution is -2.47. The maximum Gasteiger partial charge on any atom is 0.0110 e. The SMILES string of the molecule is CCC1CCC(C)N1C(C)C(C)CNC(C)C. The number of likely N-dealkylation sites (tertiary alicyclic amines) is 1. The summed E-state index contributed by atoms with van der Waals surface area (Å²) in [5.41, 5.74) is 0. The number of hydrogen-bond acceptors (Lipinski definition) is 2. The van der Waals surface area contributed by atoms with Crippen LogP contribution in [0.3, 0.4) is 0 Å². The Labute approximate surface area is 108 Å². The fraction of sp³-hybridized carbons (Fsp3) is 1.00. The van der Waals surface area contributed by atoms with Gasteiger partial charge in [0.15, 0.2) is 0 Å². The highest BCUT2D eigenvalue weighted by molar-refractivity contribution is 4.89. The predicted molar refractivity (Wildman–Crippen MR) is 76.4 cm³/mol. The smallest absolute Gasteiger partial charge is 0.0110 e. The van der Waals surface area contributed by atoms with Crippen molar-refractivity contribution in [3.8, 4) is 0 Å². The normalized spacial score (nSPS) is 29.8. The lowest BCUT2D eigenvalue weighted by molar-refractivity contribution is 0.105. The van der Waals surface area contributed by atoms with Gasteiger partial charge in [-0.25, -0.2) is 0 Å². The van der Waals surface area contributed by atoms with Crippen molar-refractivity contribution in [1.82, 2.24) is 10.2 Å². The van der Waals surface area contributed by atoms with Gasteiger partial charge in [0.05, 0.1) is 0 Å². The Morgan fingerprint density at radius 3 is 2.35 bits per heavy atom. The summed E-state index contributed by atoms with van der Waals surface area (Å²) in [5, 5.41) is 3.57. The van der Waals surface area contributed by atoms with Crippen molar-refractivity contribution in [2.24, 2.45) is 5.92 Å². The van der Waals surface area contributed by atoms with Gasteiger partial charge in [0.25, 0.3) is 0 Å². The van der Waals surface area contributed by atoms with Gasteiger partial charge in [0, 0.05) is 24.2 Å². The zero-order valence-electron chi connectivity index (χ0n) is 12.7. The van der Waals surface area contributed by atoms with E-state index in [0.29, 0.717) is 12.1 Å². The Kier molecular flexibility index (Phi) is 5.94. The maximum absolute atomic E-state index is 3.57. The first-order valence-corrected chi connectivity index (χ1v) is 7.48. The summed E-state index contributed by atoms with van der Waals surface area (Å²) in [6.45, 7) is 15.1. The topological polar surface area (TPSA) is 15.3 Å². The van der Waals surface area contributed by atoms with Gasteiger partial charge in [0.1, 0.15) is 0 Å². The molecule has 0 bridgehead atoms. The van der Waals surface area contributed by atoms with Gasteiger partial charge in [-0.1, -0.05) is 27.7 Å². The summed E-state index contributed by atoms with van der Waals surface area (Å²) < 4.78 is 0. The molecule has 4 atom stereocenters. The van der Waals surface area contributed by atoms with Gasteiger partial charge in [0.2, 0.25) is 0 Å². The van der Waals surface area contributed by atoms with E-state index in [1.165, 1.54) is 19.3 Å². The van der Waals surface area contributed by atoms with E-state index in [4.69, 9.17) is 0 Å². The van der Waals surface area contributed by atoms with Crippen molar-refractivity contribution in [2.75, 3.05) is 6.54 Å². The average Bonchev–Trinajstić information content (AvgIpc) is 2.66. The molecule has 1 aliphatic heterocycles. The fourth-order valence-corrected chi connectivity index (χ4v) is 3.13. The Morgan fingerprint density at radius 2 is 1.82 bits per heavy atom. The lowest BCUT2D eigenvalue weighted by atomic mass is 9.99. The third-order valence-corrected chi connectivity index (χ3v) is 4.46. The van der Waals surface area contributed by atoms with E-state index < -0.39 is 0 Å². The molecule has 0 spiro atoms. The molecule has 0 saturated carbocycles. The van der Waals surface area contributed by atoms with E-state index >= 15 is 0 Å². The van der Waals surface area contributed by atoms with E-state index in [9.17, 15) is 0 Å². The van der Waals surface area contributed by atoms with Crippen LogP contribution in [0.15, 0.2) is 0 Å². The third kappa shape index (κ3) is 3.96. The number of rotatable bonds is 6. The summed E-state index contributed by atoms with van der Waals surface area (Å²) in [6.07, 6.45) is 4.08. The molecule has 1 saturated heterocycles. The van der Waals surface area contributed by atoms with Gasteiger partial charge in [-0.2, -0.15) is 0 Å². The lowest BCUT2D eigenvalue weighted by Gasteiger charge is -2.37. The van der Waals surface area contributed by atoms with E-state index in [1.54, 1.807) is 0 Å². The van der Waals surface area contributed by atoms with Gasteiger partial charge in [-0.3, -0.25) is 4.90 Å². The van der Waals surface area contributed by atoms with Crippen LogP contribution in [-0.4, -0.2) is 35.6 Å². The molecular weight excluding hydrogens is 208 g/mol. The molecule has 2 heteroatoms. The molecule has 0 amide bonds. The molecule has 0 aromatic rings. The molecule has 0 radical (unpaired) electrons. The highest BCUT2D eigenvalue weighted by Gasteiger charge is 2.34. The van der Waals surface area contributed by atoms with E-state index in [-0.39, 0.29) is 0 Å². The first kappa shape index (κ1) is 15.0. The van der Waals surface area contributed by atoms with E-state index in [0.717, 1.165) is 24.5 Å². The van der Waals surface area contributed by atoms with Crippen molar-refractivity contribution in [3.63, 3.8) is 0 Å². The van der Waals surface area contributed by atoms with Crippen LogP contribution < -0.4 is 5.32 Å². The first-order chi connectivity index (χ1) is 7.97. The van der Waals surface area contributed by atoms with Crippen molar-refractivity contribution in [2.45, 2.75) is 85.0 Å². The van der Waals surface area contributed by atoms with Crippen LogP contribution in [0.25, 0.3) is 0 Å². The summed E-state index contributed by atoms with van der Waals surface area (Å²) in [7, 11) is 0. The summed E-state index contributed by atoms with van der Waals surface area (Å²) in [4.78, 5) is 2.77. The predicted octanol–water partition coefficient (Wildman–Crippen LogP) is 3.27. The van der Waals surface area contributed by atoms with Gasteiger partial charge in [-0.05, 0) is 45.6 Å². The molecule has 2 nitrogen and oxygen atoms in total. The maximum atomic E-state index is 3.57. The minimum absolute atomic E-state index is 0.600. The van der Waals surface area contributed by atoms with Crippen molar-refractivity contribution in [1.29, 1.82) is 0 Å². The molecule has 0 aliphatic carbocycles.